The average Bonchev–Trinajstić information content (AvgIpc) is 2.16. The molecule has 0 aromatic carbocycles. The van der Waals surface area contributed by atoms with Crippen LogP contribution in [-0.2, 0) is 5.88 Å². The summed E-state index contributed by atoms with van der Waals surface area (Å²) in [5.41, 5.74) is -1.05. The third-order valence-electron chi connectivity index (χ3n) is 1.56. The van der Waals surface area contributed by atoms with Crippen LogP contribution in [-0.4, -0.2) is 10.1 Å². The van der Waals surface area contributed by atoms with E-state index in [0.29, 0.717) is 0 Å². The molecule has 74 valence electrons. The smallest absolute Gasteiger partial charge is 0.281 e. The van der Waals surface area contributed by atoms with Crippen LogP contribution in [0.4, 0.5) is 8.78 Å². The van der Waals surface area contributed by atoms with Crippen LogP contribution < -0.4 is 0 Å². The van der Waals surface area contributed by atoms with Crippen molar-refractivity contribution in [1.82, 2.24) is 4.98 Å². The number of nitrogens with zero attached hydrogens (tertiary/aromatic N) is 2. The Morgan fingerprint density at radius 2 is 2.29 bits per heavy atom. The van der Waals surface area contributed by atoms with Crippen molar-refractivity contribution in [2.75, 3.05) is 0 Å². The van der Waals surface area contributed by atoms with Gasteiger partial charge < -0.3 is 5.11 Å². The second-order valence-electron chi connectivity index (χ2n) is 2.43. The molecule has 3 nitrogen and oxygen atoms in total. The normalized spacial score (nSPS) is 10.2. The third kappa shape index (κ3) is 1.91. The van der Waals surface area contributed by atoms with Gasteiger partial charge in [0, 0.05) is 6.07 Å². The van der Waals surface area contributed by atoms with Crippen molar-refractivity contribution in [2.45, 2.75) is 12.3 Å². The van der Waals surface area contributed by atoms with Gasteiger partial charge in [-0.1, -0.05) is 0 Å². The van der Waals surface area contributed by atoms with E-state index >= 15 is 0 Å². The highest BCUT2D eigenvalue weighted by Gasteiger charge is 2.18. The molecule has 1 rings (SSSR count). The van der Waals surface area contributed by atoms with Crippen molar-refractivity contribution in [3.05, 3.63) is 23.0 Å². The van der Waals surface area contributed by atoms with Gasteiger partial charge in [-0.3, -0.25) is 0 Å². The molecular formula is C8H5ClF2N2O. The molecule has 0 saturated carbocycles. The number of pyridine rings is 1. The van der Waals surface area contributed by atoms with Gasteiger partial charge in [0.15, 0.2) is 0 Å². The molecule has 1 N–H and O–H groups in total. The predicted octanol–water partition coefficient (Wildman–Crippen LogP) is 2.34. The van der Waals surface area contributed by atoms with Gasteiger partial charge in [-0.15, -0.1) is 11.6 Å². The zero-order chi connectivity index (χ0) is 10.7. The molecule has 0 aliphatic heterocycles. The Balaban J connectivity index is 3.34. The molecule has 0 fully saturated rings. The van der Waals surface area contributed by atoms with Crippen LogP contribution in [0, 0.1) is 11.3 Å². The minimum Gasteiger partial charge on any atom is -0.506 e. The Morgan fingerprint density at radius 3 is 2.71 bits per heavy atom. The fraction of sp³-hybridized carbons (Fsp3) is 0.250. The molecule has 0 unspecified atom stereocenters. The SMILES string of the molecule is N#Cc1cc(O)c(CCl)nc1C(F)F. The van der Waals surface area contributed by atoms with Gasteiger partial charge in [0.05, 0.1) is 17.1 Å². The first-order valence-electron chi connectivity index (χ1n) is 3.57. The summed E-state index contributed by atoms with van der Waals surface area (Å²) >= 11 is 5.35. The van der Waals surface area contributed by atoms with Crippen molar-refractivity contribution in [2.24, 2.45) is 0 Å². The molecule has 1 heterocycles. The number of halogens is 3. The van der Waals surface area contributed by atoms with Gasteiger partial charge in [0.1, 0.15) is 17.5 Å². The van der Waals surface area contributed by atoms with E-state index in [4.69, 9.17) is 16.9 Å². The lowest BCUT2D eigenvalue weighted by molar-refractivity contribution is 0.145. The quantitative estimate of drug-likeness (QED) is 0.775. The van der Waals surface area contributed by atoms with E-state index in [9.17, 15) is 13.9 Å². The largest absolute Gasteiger partial charge is 0.506 e. The second-order valence-corrected chi connectivity index (χ2v) is 2.70. The summed E-state index contributed by atoms with van der Waals surface area (Å²) in [5, 5.41) is 17.7. The highest BCUT2D eigenvalue weighted by Crippen LogP contribution is 2.26. The van der Waals surface area contributed by atoms with Gasteiger partial charge in [-0.2, -0.15) is 5.26 Å². The minimum absolute atomic E-state index is 0.0547. The summed E-state index contributed by atoms with van der Waals surface area (Å²) in [5.74, 6) is -0.530. The molecule has 6 heteroatoms. The summed E-state index contributed by atoms with van der Waals surface area (Å²) in [6, 6.07) is 2.46. The highest BCUT2D eigenvalue weighted by atomic mass is 35.5. The van der Waals surface area contributed by atoms with Crippen LogP contribution in [0.25, 0.3) is 0 Å². The first-order chi connectivity index (χ1) is 6.60. The summed E-state index contributed by atoms with van der Waals surface area (Å²) in [6.45, 7) is 0. The molecule has 14 heavy (non-hydrogen) atoms. The zero-order valence-corrected chi connectivity index (χ0v) is 7.59. The lowest BCUT2D eigenvalue weighted by atomic mass is 10.2. The van der Waals surface area contributed by atoms with Crippen LogP contribution in [0.1, 0.15) is 23.4 Å². The van der Waals surface area contributed by atoms with Gasteiger partial charge in [-0.25, -0.2) is 13.8 Å². The van der Waals surface area contributed by atoms with Crippen LogP contribution in [0.3, 0.4) is 0 Å². The van der Waals surface area contributed by atoms with E-state index in [1.807, 2.05) is 0 Å². The van der Waals surface area contributed by atoms with Gasteiger partial charge in [0.25, 0.3) is 6.43 Å². The van der Waals surface area contributed by atoms with Crippen LogP contribution in [0.5, 0.6) is 5.75 Å². The summed E-state index contributed by atoms with van der Waals surface area (Å²) in [7, 11) is 0. The predicted molar refractivity (Wildman–Crippen MR) is 45.1 cm³/mol. The van der Waals surface area contributed by atoms with E-state index in [0.717, 1.165) is 6.07 Å². The van der Waals surface area contributed by atoms with Gasteiger partial charge in [-0.05, 0) is 0 Å². The highest BCUT2D eigenvalue weighted by molar-refractivity contribution is 6.17. The first kappa shape index (κ1) is 10.7. The molecule has 0 bridgehead atoms. The molecule has 0 aliphatic carbocycles. The van der Waals surface area contributed by atoms with Crippen molar-refractivity contribution in [1.29, 1.82) is 5.26 Å². The monoisotopic (exact) mass is 218 g/mol. The van der Waals surface area contributed by atoms with Crippen LogP contribution >= 0.6 is 11.6 Å². The minimum atomic E-state index is -2.85. The molecule has 0 amide bonds. The van der Waals surface area contributed by atoms with Gasteiger partial charge >= 0.3 is 0 Å². The molecule has 0 spiro atoms. The Morgan fingerprint density at radius 1 is 1.64 bits per heavy atom. The second kappa shape index (κ2) is 4.20. The average molecular weight is 219 g/mol. The number of rotatable bonds is 2. The number of hydrogen-bond acceptors (Lipinski definition) is 3. The van der Waals surface area contributed by atoms with Gasteiger partial charge in [0.2, 0.25) is 0 Å². The Hall–Kier alpha value is -1.41. The number of aromatic hydroxyl groups is 1. The standard InChI is InChI=1S/C8H5ClF2N2O/c9-2-5-6(14)1-4(3-12)7(13-5)8(10)11/h1,8,14H,2H2. The van der Waals surface area contributed by atoms with E-state index < -0.39 is 12.1 Å². The fourth-order valence-corrected chi connectivity index (χ4v) is 1.11. The zero-order valence-electron chi connectivity index (χ0n) is 6.84. The number of alkyl halides is 3. The lowest BCUT2D eigenvalue weighted by Gasteiger charge is -2.05. The summed E-state index contributed by atoms with van der Waals surface area (Å²) in [6.07, 6.45) is -2.85. The molecule has 0 aliphatic rings. The van der Waals surface area contributed by atoms with Crippen molar-refractivity contribution in [3.63, 3.8) is 0 Å². The maximum Gasteiger partial charge on any atom is 0.281 e. The number of nitriles is 1. The van der Waals surface area contributed by atoms with Crippen LogP contribution in [0.2, 0.25) is 0 Å². The van der Waals surface area contributed by atoms with Crippen molar-refractivity contribution in [3.8, 4) is 11.8 Å². The molecule has 0 atom stereocenters. The van der Waals surface area contributed by atoms with E-state index in [1.165, 1.54) is 6.07 Å². The summed E-state index contributed by atoms with van der Waals surface area (Å²) in [4.78, 5) is 3.41. The van der Waals surface area contributed by atoms with Crippen LogP contribution in [0.15, 0.2) is 6.07 Å². The molecular weight excluding hydrogens is 214 g/mol. The first-order valence-corrected chi connectivity index (χ1v) is 4.10. The molecule has 1 aromatic heterocycles. The Kier molecular flexibility index (Phi) is 3.20. The maximum absolute atomic E-state index is 12.3. The van der Waals surface area contributed by atoms with E-state index in [2.05, 4.69) is 4.98 Å². The topological polar surface area (TPSA) is 56.9 Å². The third-order valence-corrected chi connectivity index (χ3v) is 1.81. The fourth-order valence-electron chi connectivity index (χ4n) is 0.911. The Bertz CT molecular complexity index is 390. The number of aromatic nitrogens is 1. The van der Waals surface area contributed by atoms with E-state index in [-0.39, 0.29) is 22.9 Å². The molecule has 0 saturated heterocycles. The van der Waals surface area contributed by atoms with Crippen molar-refractivity contribution < 1.29 is 13.9 Å². The summed E-state index contributed by atoms with van der Waals surface area (Å²) < 4.78 is 24.6. The van der Waals surface area contributed by atoms with Crippen molar-refractivity contribution >= 4 is 11.6 Å². The van der Waals surface area contributed by atoms with E-state index in [1.54, 1.807) is 0 Å². The molecule has 1 aromatic rings. The molecule has 0 radical (unpaired) electrons. The number of hydrogen-bond donors (Lipinski definition) is 1. The maximum atomic E-state index is 12.3. The lowest BCUT2D eigenvalue weighted by Crippen LogP contribution is -1.99. The Labute approximate surface area is 83.6 Å².